The van der Waals surface area contributed by atoms with E-state index in [1.807, 2.05) is 6.08 Å². The van der Waals surface area contributed by atoms with E-state index < -0.39 is 0 Å². The molecule has 0 aromatic carbocycles. The first-order valence-corrected chi connectivity index (χ1v) is 11.7. The van der Waals surface area contributed by atoms with E-state index in [1.54, 1.807) is 0 Å². The van der Waals surface area contributed by atoms with Crippen molar-refractivity contribution in [2.75, 3.05) is 6.61 Å². The van der Waals surface area contributed by atoms with Gasteiger partial charge in [0.2, 0.25) is 0 Å². The van der Waals surface area contributed by atoms with Crippen LogP contribution in [-0.4, -0.2) is 12.6 Å². The molecule has 0 atom stereocenters. The summed E-state index contributed by atoms with van der Waals surface area (Å²) in [6, 6.07) is 0. The molecule has 0 saturated heterocycles. The Morgan fingerprint density at radius 2 is 0.889 bits per heavy atom. The lowest BCUT2D eigenvalue weighted by Gasteiger charge is -2.04. The van der Waals surface area contributed by atoms with E-state index >= 15 is 0 Å². The fourth-order valence-electron chi connectivity index (χ4n) is 3.45. The average molecular weight is 379 g/mol. The van der Waals surface area contributed by atoms with Gasteiger partial charge in [0.05, 0.1) is 6.61 Å². The van der Waals surface area contributed by atoms with Crippen LogP contribution in [0.15, 0.2) is 25.3 Å². The molecule has 0 unspecified atom stereocenters. The number of carbonyl (C=O) groups is 1. The van der Waals surface area contributed by atoms with E-state index in [2.05, 4.69) is 13.2 Å². The van der Waals surface area contributed by atoms with E-state index in [0.29, 0.717) is 6.61 Å². The summed E-state index contributed by atoms with van der Waals surface area (Å²) in [5.41, 5.74) is 0. The van der Waals surface area contributed by atoms with Gasteiger partial charge in [-0.3, -0.25) is 0 Å². The normalized spacial score (nSPS) is 10.7. The van der Waals surface area contributed by atoms with Gasteiger partial charge in [0, 0.05) is 6.08 Å². The monoisotopic (exact) mass is 378 g/mol. The molecule has 0 heterocycles. The maximum Gasteiger partial charge on any atom is 0.330 e. The molecule has 0 saturated carbocycles. The summed E-state index contributed by atoms with van der Waals surface area (Å²) in [5, 5.41) is 0. The van der Waals surface area contributed by atoms with E-state index in [-0.39, 0.29) is 5.97 Å². The molecule has 0 radical (unpaired) electrons. The van der Waals surface area contributed by atoms with E-state index in [1.165, 1.54) is 122 Å². The number of rotatable bonds is 22. The van der Waals surface area contributed by atoms with Crippen LogP contribution in [0.25, 0.3) is 0 Å². The predicted octanol–water partition coefficient (Wildman–Crippen LogP) is 8.31. The van der Waals surface area contributed by atoms with Crippen molar-refractivity contribution in [3.8, 4) is 0 Å². The van der Waals surface area contributed by atoms with Gasteiger partial charge in [-0.1, -0.05) is 115 Å². The number of ether oxygens (including phenoxy) is 1. The van der Waals surface area contributed by atoms with Gasteiger partial charge < -0.3 is 4.74 Å². The fraction of sp³-hybridized carbons (Fsp3) is 0.800. The Balaban J connectivity index is 3.02. The minimum Gasteiger partial charge on any atom is -0.463 e. The smallest absolute Gasteiger partial charge is 0.330 e. The van der Waals surface area contributed by atoms with Gasteiger partial charge in [0.25, 0.3) is 0 Å². The van der Waals surface area contributed by atoms with Crippen LogP contribution in [0.3, 0.4) is 0 Å². The summed E-state index contributed by atoms with van der Waals surface area (Å²) in [6.07, 6.45) is 28.9. The van der Waals surface area contributed by atoms with Crippen LogP contribution in [0.5, 0.6) is 0 Å². The third kappa shape index (κ3) is 22.9. The van der Waals surface area contributed by atoms with Gasteiger partial charge in [0.15, 0.2) is 0 Å². The van der Waals surface area contributed by atoms with Crippen LogP contribution >= 0.6 is 0 Å². The lowest BCUT2D eigenvalue weighted by Crippen LogP contribution is -2.01. The van der Waals surface area contributed by atoms with Crippen molar-refractivity contribution >= 4 is 5.97 Å². The maximum absolute atomic E-state index is 10.9. The standard InChI is InChI=1S/C25H46O2/c1-3-5-6-7-8-9-10-11-12-13-14-15-16-17-18-19-20-21-22-23-24-27-25(26)4-2/h3-4H,1-2,5-24H2. The molecular formula is C25H46O2. The van der Waals surface area contributed by atoms with Crippen molar-refractivity contribution in [3.63, 3.8) is 0 Å². The van der Waals surface area contributed by atoms with Gasteiger partial charge in [-0.15, -0.1) is 6.58 Å². The molecule has 0 aromatic heterocycles. The topological polar surface area (TPSA) is 26.3 Å². The molecule has 2 nitrogen and oxygen atoms in total. The summed E-state index contributed by atoms with van der Waals surface area (Å²) in [4.78, 5) is 10.9. The second kappa shape index (κ2) is 23.0. The molecule has 0 aliphatic rings. The Morgan fingerprint density at radius 3 is 1.22 bits per heavy atom. The predicted molar refractivity (Wildman–Crippen MR) is 119 cm³/mol. The van der Waals surface area contributed by atoms with E-state index in [4.69, 9.17) is 4.74 Å². The molecule has 158 valence electrons. The fourth-order valence-corrected chi connectivity index (χ4v) is 3.45. The van der Waals surface area contributed by atoms with Crippen molar-refractivity contribution < 1.29 is 9.53 Å². The van der Waals surface area contributed by atoms with Crippen LogP contribution < -0.4 is 0 Å². The number of hydrogen-bond donors (Lipinski definition) is 0. The zero-order valence-corrected chi connectivity index (χ0v) is 18.0. The molecule has 27 heavy (non-hydrogen) atoms. The Bertz CT molecular complexity index is 335. The third-order valence-corrected chi connectivity index (χ3v) is 5.21. The first-order valence-electron chi connectivity index (χ1n) is 11.7. The highest BCUT2D eigenvalue weighted by Crippen LogP contribution is 2.14. The first kappa shape index (κ1) is 26.0. The Labute approximate surface area is 169 Å². The molecule has 0 aliphatic heterocycles. The van der Waals surface area contributed by atoms with Crippen molar-refractivity contribution in [3.05, 3.63) is 25.3 Å². The molecule has 0 amide bonds. The van der Waals surface area contributed by atoms with Gasteiger partial charge in [-0.2, -0.15) is 0 Å². The zero-order chi connectivity index (χ0) is 19.8. The molecule has 0 rings (SSSR count). The van der Waals surface area contributed by atoms with Crippen LogP contribution in [0, 0.1) is 0 Å². The van der Waals surface area contributed by atoms with Crippen molar-refractivity contribution in [1.82, 2.24) is 0 Å². The maximum atomic E-state index is 10.9. The highest BCUT2D eigenvalue weighted by Gasteiger charge is 1.97. The number of unbranched alkanes of at least 4 members (excludes halogenated alkanes) is 18. The molecule has 2 heteroatoms. The molecule has 0 bridgehead atoms. The van der Waals surface area contributed by atoms with Crippen molar-refractivity contribution in [2.24, 2.45) is 0 Å². The average Bonchev–Trinajstić information content (AvgIpc) is 2.68. The zero-order valence-electron chi connectivity index (χ0n) is 18.0. The second-order valence-corrected chi connectivity index (χ2v) is 7.81. The van der Waals surface area contributed by atoms with Crippen molar-refractivity contribution in [1.29, 1.82) is 0 Å². The third-order valence-electron chi connectivity index (χ3n) is 5.21. The lowest BCUT2D eigenvalue weighted by molar-refractivity contribution is -0.137. The summed E-state index contributed by atoms with van der Waals surface area (Å²) < 4.78 is 4.97. The molecular weight excluding hydrogens is 332 g/mol. The van der Waals surface area contributed by atoms with Crippen LogP contribution in [0.2, 0.25) is 0 Å². The number of allylic oxidation sites excluding steroid dienone is 1. The molecule has 0 fully saturated rings. The van der Waals surface area contributed by atoms with Crippen LogP contribution in [0.4, 0.5) is 0 Å². The number of esters is 1. The summed E-state index contributed by atoms with van der Waals surface area (Å²) in [6.45, 7) is 7.70. The molecule has 0 N–H and O–H groups in total. The minimum atomic E-state index is -0.301. The summed E-state index contributed by atoms with van der Waals surface area (Å²) in [5.74, 6) is -0.301. The Hall–Kier alpha value is -1.05. The van der Waals surface area contributed by atoms with Gasteiger partial charge in [-0.25, -0.2) is 4.79 Å². The second-order valence-electron chi connectivity index (χ2n) is 7.81. The summed E-state index contributed by atoms with van der Waals surface area (Å²) >= 11 is 0. The highest BCUT2D eigenvalue weighted by molar-refractivity contribution is 5.81. The number of carbonyl (C=O) groups excluding carboxylic acids is 1. The summed E-state index contributed by atoms with van der Waals surface area (Å²) in [7, 11) is 0. The number of hydrogen-bond acceptors (Lipinski definition) is 2. The molecule has 0 aliphatic carbocycles. The van der Waals surface area contributed by atoms with Gasteiger partial charge in [-0.05, 0) is 19.3 Å². The molecule has 0 spiro atoms. The lowest BCUT2D eigenvalue weighted by atomic mass is 10.0. The highest BCUT2D eigenvalue weighted by atomic mass is 16.5. The van der Waals surface area contributed by atoms with Gasteiger partial charge in [0.1, 0.15) is 0 Å². The largest absolute Gasteiger partial charge is 0.463 e. The van der Waals surface area contributed by atoms with E-state index in [9.17, 15) is 4.79 Å². The minimum absolute atomic E-state index is 0.301. The van der Waals surface area contributed by atoms with Crippen molar-refractivity contribution in [2.45, 2.75) is 122 Å². The Kier molecular flexibility index (Phi) is 22.1. The molecule has 0 aromatic rings. The van der Waals surface area contributed by atoms with Gasteiger partial charge >= 0.3 is 5.97 Å². The van der Waals surface area contributed by atoms with Crippen LogP contribution in [-0.2, 0) is 9.53 Å². The first-order chi connectivity index (χ1) is 13.3. The van der Waals surface area contributed by atoms with E-state index in [0.717, 1.165) is 6.42 Å². The quantitative estimate of drug-likeness (QED) is 0.0819. The SMILES string of the molecule is C=CCCCCCCCCCCCCCCCCCCCCOC(=O)C=C. The van der Waals surface area contributed by atoms with Crippen LogP contribution in [0.1, 0.15) is 122 Å². The Morgan fingerprint density at radius 1 is 0.556 bits per heavy atom.